The maximum Gasteiger partial charge on any atom is 0.417 e. The van der Waals surface area contributed by atoms with Crippen molar-refractivity contribution in [3.8, 4) is 0 Å². The minimum atomic E-state index is -4.44. The molecule has 0 N–H and O–H groups in total. The highest BCUT2D eigenvalue weighted by atomic mass is 35.5. The predicted octanol–water partition coefficient (Wildman–Crippen LogP) is 4.51. The molecule has 2 nitrogen and oxygen atoms in total. The molecule has 0 bridgehead atoms. The molecule has 1 rings (SSSR count). The third-order valence-electron chi connectivity index (χ3n) is 2.24. The maximum atomic E-state index is 12.9. The molecule has 0 aliphatic heterocycles. The summed E-state index contributed by atoms with van der Waals surface area (Å²) in [5, 5.41) is 3.94. The van der Waals surface area contributed by atoms with Gasteiger partial charge in [-0.2, -0.15) is 13.2 Å². The van der Waals surface area contributed by atoms with Gasteiger partial charge in [0.05, 0.1) is 11.3 Å². The van der Waals surface area contributed by atoms with E-state index >= 15 is 0 Å². The molecule has 100 valence electrons. The fraction of sp³-hybridized carbons (Fsp3) is 0.417. The summed E-state index contributed by atoms with van der Waals surface area (Å²) in [5.74, 6) is 0. The standard InChI is InChI=1S/C12H13ClF3NO/c1-3-11(17-18-4-2)9-7-8(13)5-6-10(9)12(14,15)16/h5-7H,3-4H2,1-2H3/b17-11+. The van der Waals surface area contributed by atoms with Crippen LogP contribution in [0.15, 0.2) is 23.4 Å². The number of rotatable bonds is 4. The molecule has 0 heterocycles. The van der Waals surface area contributed by atoms with E-state index in [0.29, 0.717) is 13.0 Å². The Hall–Kier alpha value is -1.23. The summed E-state index contributed by atoms with van der Waals surface area (Å²) < 4.78 is 38.6. The highest BCUT2D eigenvalue weighted by molar-refractivity contribution is 6.31. The average Bonchev–Trinajstić information content (AvgIpc) is 2.28. The van der Waals surface area contributed by atoms with Gasteiger partial charge >= 0.3 is 6.18 Å². The molecule has 0 aliphatic carbocycles. The van der Waals surface area contributed by atoms with Gasteiger partial charge in [0.25, 0.3) is 0 Å². The van der Waals surface area contributed by atoms with Crippen molar-refractivity contribution in [2.75, 3.05) is 6.61 Å². The van der Waals surface area contributed by atoms with Gasteiger partial charge in [-0.05, 0) is 31.5 Å². The van der Waals surface area contributed by atoms with Crippen molar-refractivity contribution in [1.82, 2.24) is 0 Å². The lowest BCUT2D eigenvalue weighted by Crippen LogP contribution is -2.13. The van der Waals surface area contributed by atoms with Crippen LogP contribution in [-0.4, -0.2) is 12.3 Å². The summed E-state index contributed by atoms with van der Waals surface area (Å²) in [4.78, 5) is 4.83. The van der Waals surface area contributed by atoms with E-state index in [1.165, 1.54) is 12.1 Å². The van der Waals surface area contributed by atoms with Gasteiger partial charge in [0.2, 0.25) is 0 Å². The molecule has 0 aromatic heterocycles. The molecule has 0 fully saturated rings. The number of alkyl halides is 3. The van der Waals surface area contributed by atoms with E-state index in [1.54, 1.807) is 13.8 Å². The Morgan fingerprint density at radius 3 is 2.50 bits per heavy atom. The first-order valence-corrected chi connectivity index (χ1v) is 5.83. The number of halogens is 4. The van der Waals surface area contributed by atoms with Gasteiger partial charge < -0.3 is 4.84 Å². The van der Waals surface area contributed by atoms with Crippen molar-refractivity contribution in [2.45, 2.75) is 26.4 Å². The highest BCUT2D eigenvalue weighted by Gasteiger charge is 2.34. The summed E-state index contributed by atoms with van der Waals surface area (Å²) in [7, 11) is 0. The normalized spacial score (nSPS) is 12.7. The van der Waals surface area contributed by atoms with Crippen LogP contribution >= 0.6 is 11.6 Å². The molecule has 0 amide bonds. The van der Waals surface area contributed by atoms with Crippen molar-refractivity contribution in [2.24, 2.45) is 5.16 Å². The third-order valence-corrected chi connectivity index (χ3v) is 2.47. The molecule has 0 unspecified atom stereocenters. The molecule has 0 atom stereocenters. The quantitative estimate of drug-likeness (QED) is 0.587. The zero-order valence-electron chi connectivity index (χ0n) is 10.0. The SMILES string of the molecule is CCO/N=C(\CC)c1cc(Cl)ccc1C(F)(F)F. The molecular weight excluding hydrogens is 267 g/mol. The third kappa shape index (κ3) is 3.63. The second kappa shape index (κ2) is 6.09. The van der Waals surface area contributed by atoms with Crippen molar-refractivity contribution in [3.05, 3.63) is 34.3 Å². The van der Waals surface area contributed by atoms with Gasteiger partial charge in [-0.15, -0.1) is 0 Å². The van der Waals surface area contributed by atoms with Crippen LogP contribution in [0.3, 0.4) is 0 Å². The summed E-state index contributed by atoms with van der Waals surface area (Å²) in [6.07, 6.45) is -4.12. The van der Waals surface area contributed by atoms with Crippen molar-refractivity contribution in [1.29, 1.82) is 0 Å². The molecule has 6 heteroatoms. The van der Waals surface area contributed by atoms with E-state index in [4.69, 9.17) is 16.4 Å². The summed E-state index contributed by atoms with van der Waals surface area (Å²) in [6, 6.07) is 3.42. The topological polar surface area (TPSA) is 21.6 Å². The minimum absolute atomic E-state index is 0.0362. The van der Waals surface area contributed by atoms with Crippen LogP contribution in [0.1, 0.15) is 31.4 Å². The lowest BCUT2D eigenvalue weighted by atomic mass is 10.0. The van der Waals surface area contributed by atoms with E-state index < -0.39 is 11.7 Å². The second-order valence-electron chi connectivity index (χ2n) is 3.50. The zero-order valence-corrected chi connectivity index (χ0v) is 10.8. The Morgan fingerprint density at radius 2 is 2.00 bits per heavy atom. The van der Waals surface area contributed by atoms with Gasteiger partial charge in [0.15, 0.2) is 0 Å². The Balaban J connectivity index is 3.32. The zero-order chi connectivity index (χ0) is 13.8. The van der Waals surface area contributed by atoms with Gasteiger partial charge in [-0.25, -0.2) is 0 Å². The van der Waals surface area contributed by atoms with E-state index in [-0.39, 0.29) is 16.3 Å². The molecule has 0 radical (unpaired) electrons. The second-order valence-corrected chi connectivity index (χ2v) is 3.93. The Bertz CT molecular complexity index is 443. The molecule has 1 aromatic rings. The van der Waals surface area contributed by atoms with Crippen molar-refractivity contribution >= 4 is 17.3 Å². The number of nitrogens with zero attached hydrogens (tertiary/aromatic N) is 1. The first-order valence-electron chi connectivity index (χ1n) is 5.46. The lowest BCUT2D eigenvalue weighted by molar-refractivity contribution is -0.137. The van der Waals surface area contributed by atoms with Gasteiger partial charge in [0.1, 0.15) is 6.61 Å². The van der Waals surface area contributed by atoms with Gasteiger partial charge in [-0.1, -0.05) is 23.7 Å². The van der Waals surface area contributed by atoms with Gasteiger partial charge in [0, 0.05) is 10.6 Å². The lowest BCUT2D eigenvalue weighted by Gasteiger charge is -2.13. The summed E-state index contributed by atoms with van der Waals surface area (Å²) in [5.41, 5.74) is -0.565. The molecule has 0 aliphatic rings. The largest absolute Gasteiger partial charge is 0.417 e. The Kier molecular flexibility index (Phi) is 5.02. The van der Waals surface area contributed by atoms with Crippen molar-refractivity contribution in [3.63, 3.8) is 0 Å². The molecule has 0 saturated heterocycles. The first kappa shape index (κ1) is 14.8. The molecule has 0 saturated carbocycles. The Morgan fingerprint density at radius 1 is 1.33 bits per heavy atom. The van der Waals surface area contributed by atoms with Crippen LogP contribution in [0.5, 0.6) is 0 Å². The van der Waals surface area contributed by atoms with Crippen molar-refractivity contribution < 1.29 is 18.0 Å². The average molecular weight is 280 g/mol. The van der Waals surface area contributed by atoms with E-state index in [0.717, 1.165) is 6.07 Å². The van der Waals surface area contributed by atoms with Crippen LogP contribution < -0.4 is 0 Å². The highest BCUT2D eigenvalue weighted by Crippen LogP contribution is 2.34. The number of hydrogen-bond acceptors (Lipinski definition) is 2. The van der Waals surface area contributed by atoms with Crippen LogP contribution in [0.2, 0.25) is 5.02 Å². The first-order chi connectivity index (χ1) is 8.40. The molecule has 1 aromatic carbocycles. The molecular formula is C12H13ClF3NO. The summed E-state index contributed by atoms with van der Waals surface area (Å²) >= 11 is 5.74. The number of benzene rings is 1. The van der Waals surface area contributed by atoms with Crippen LogP contribution in [0.25, 0.3) is 0 Å². The fourth-order valence-corrected chi connectivity index (χ4v) is 1.62. The number of hydrogen-bond donors (Lipinski definition) is 0. The summed E-state index contributed by atoms with van der Waals surface area (Å²) in [6.45, 7) is 3.71. The monoisotopic (exact) mass is 279 g/mol. The molecule has 0 spiro atoms. The van der Waals surface area contributed by atoms with E-state index in [9.17, 15) is 13.2 Å². The predicted molar refractivity (Wildman–Crippen MR) is 64.9 cm³/mol. The number of oxime groups is 1. The van der Waals surface area contributed by atoms with Crippen LogP contribution in [0, 0.1) is 0 Å². The maximum absolute atomic E-state index is 12.9. The van der Waals surface area contributed by atoms with Crippen LogP contribution in [-0.2, 0) is 11.0 Å². The van der Waals surface area contributed by atoms with E-state index in [1.807, 2.05) is 0 Å². The Labute approximate surface area is 108 Å². The fourth-order valence-electron chi connectivity index (χ4n) is 1.45. The molecule has 18 heavy (non-hydrogen) atoms. The van der Waals surface area contributed by atoms with Gasteiger partial charge in [-0.3, -0.25) is 0 Å². The smallest absolute Gasteiger partial charge is 0.396 e. The minimum Gasteiger partial charge on any atom is -0.396 e. The van der Waals surface area contributed by atoms with E-state index in [2.05, 4.69) is 5.16 Å². The van der Waals surface area contributed by atoms with Crippen LogP contribution in [0.4, 0.5) is 13.2 Å².